The maximum atomic E-state index is 12.6. The first-order valence-electron chi connectivity index (χ1n) is 6.05. The molecule has 6 heteroatoms. The maximum absolute atomic E-state index is 12.6. The van der Waals surface area contributed by atoms with Gasteiger partial charge in [0.1, 0.15) is 11.5 Å². The van der Waals surface area contributed by atoms with Gasteiger partial charge in [0.25, 0.3) is 0 Å². The summed E-state index contributed by atoms with van der Waals surface area (Å²) < 4.78 is 37.9. The minimum Gasteiger partial charge on any atom is -0.366 e. The lowest BCUT2D eigenvalue weighted by molar-refractivity contribution is -0.141. The summed E-state index contributed by atoms with van der Waals surface area (Å²) in [6.45, 7) is 0.518. The summed E-state index contributed by atoms with van der Waals surface area (Å²) in [5, 5.41) is 2.90. The number of benzene rings is 1. The fraction of sp³-hybridized carbons (Fsp3) is 0.214. The van der Waals surface area contributed by atoms with Gasteiger partial charge in [-0.2, -0.15) is 13.2 Å². The van der Waals surface area contributed by atoms with Crippen molar-refractivity contribution in [1.29, 1.82) is 0 Å². The van der Waals surface area contributed by atoms with Gasteiger partial charge < -0.3 is 11.1 Å². The van der Waals surface area contributed by atoms with Crippen molar-refractivity contribution in [2.24, 2.45) is 5.73 Å². The Labute approximate surface area is 114 Å². The number of nitrogens with one attached hydrogen (secondary N) is 1. The van der Waals surface area contributed by atoms with Gasteiger partial charge in [-0.3, -0.25) is 0 Å². The summed E-state index contributed by atoms with van der Waals surface area (Å²) in [6, 6.07) is 11.6. The summed E-state index contributed by atoms with van der Waals surface area (Å²) >= 11 is 0. The average molecular weight is 281 g/mol. The molecular formula is C14H14F3N3. The molecule has 0 aliphatic rings. The third kappa shape index (κ3) is 3.48. The van der Waals surface area contributed by atoms with Gasteiger partial charge in [-0.05, 0) is 11.6 Å². The van der Waals surface area contributed by atoms with E-state index in [-0.39, 0.29) is 12.4 Å². The zero-order valence-electron chi connectivity index (χ0n) is 10.6. The van der Waals surface area contributed by atoms with E-state index in [1.54, 1.807) is 0 Å². The predicted molar refractivity (Wildman–Crippen MR) is 70.9 cm³/mol. The van der Waals surface area contributed by atoms with Crippen LogP contribution < -0.4 is 11.1 Å². The van der Waals surface area contributed by atoms with Crippen LogP contribution >= 0.6 is 0 Å². The highest BCUT2D eigenvalue weighted by atomic mass is 19.4. The second-order valence-electron chi connectivity index (χ2n) is 4.25. The van der Waals surface area contributed by atoms with E-state index in [1.165, 1.54) is 6.07 Å². The Morgan fingerprint density at radius 2 is 1.75 bits per heavy atom. The smallest absolute Gasteiger partial charge is 0.366 e. The number of halogens is 3. The third-order valence-corrected chi connectivity index (χ3v) is 2.79. The van der Waals surface area contributed by atoms with Gasteiger partial charge in [-0.25, -0.2) is 4.98 Å². The second kappa shape index (κ2) is 5.92. The fourth-order valence-corrected chi connectivity index (χ4v) is 1.75. The Hall–Kier alpha value is -2.08. The Kier molecular flexibility index (Phi) is 4.24. The molecule has 0 saturated carbocycles. The highest BCUT2D eigenvalue weighted by Crippen LogP contribution is 2.29. The van der Waals surface area contributed by atoms with Crippen molar-refractivity contribution in [3.8, 4) is 0 Å². The minimum absolute atomic E-state index is 0.127. The van der Waals surface area contributed by atoms with Crippen LogP contribution in [-0.2, 0) is 19.3 Å². The van der Waals surface area contributed by atoms with Crippen LogP contribution in [0.2, 0.25) is 0 Å². The predicted octanol–water partition coefficient (Wildman–Crippen LogP) is 3.17. The van der Waals surface area contributed by atoms with Gasteiger partial charge in [0.05, 0.1) is 0 Å². The Morgan fingerprint density at radius 1 is 1.05 bits per heavy atom. The van der Waals surface area contributed by atoms with Crippen LogP contribution in [0.15, 0.2) is 42.5 Å². The summed E-state index contributed by atoms with van der Waals surface area (Å²) in [6.07, 6.45) is -4.46. The summed E-state index contributed by atoms with van der Waals surface area (Å²) in [4.78, 5) is 3.61. The summed E-state index contributed by atoms with van der Waals surface area (Å²) in [7, 11) is 0. The van der Waals surface area contributed by atoms with Gasteiger partial charge in [0.2, 0.25) is 0 Å². The molecule has 106 valence electrons. The van der Waals surface area contributed by atoms with Crippen LogP contribution in [0, 0.1) is 0 Å². The molecule has 0 unspecified atom stereocenters. The van der Waals surface area contributed by atoms with Crippen molar-refractivity contribution in [2.45, 2.75) is 19.3 Å². The lowest BCUT2D eigenvalue weighted by Gasteiger charge is -2.13. The zero-order chi connectivity index (χ0) is 14.6. The first-order valence-corrected chi connectivity index (χ1v) is 6.05. The van der Waals surface area contributed by atoms with Gasteiger partial charge in [0, 0.05) is 18.7 Å². The molecule has 0 bridgehead atoms. The van der Waals surface area contributed by atoms with Crippen molar-refractivity contribution >= 4 is 5.82 Å². The standard InChI is InChI=1S/C14H14F3N3/c15-14(16,17)12-7-6-11(8-18)13(20-12)19-9-10-4-2-1-3-5-10/h1-7H,8-9,18H2,(H,19,20). The van der Waals surface area contributed by atoms with Crippen LogP contribution in [0.25, 0.3) is 0 Å². The van der Waals surface area contributed by atoms with E-state index in [4.69, 9.17) is 5.73 Å². The molecule has 1 aromatic carbocycles. The zero-order valence-corrected chi connectivity index (χ0v) is 10.6. The second-order valence-corrected chi connectivity index (χ2v) is 4.25. The number of anilines is 1. The van der Waals surface area contributed by atoms with E-state index in [2.05, 4.69) is 10.3 Å². The van der Waals surface area contributed by atoms with Crippen LogP contribution in [0.3, 0.4) is 0 Å². The van der Waals surface area contributed by atoms with E-state index in [9.17, 15) is 13.2 Å². The number of alkyl halides is 3. The molecule has 0 saturated heterocycles. The number of pyridine rings is 1. The lowest BCUT2D eigenvalue weighted by Crippen LogP contribution is -2.13. The van der Waals surface area contributed by atoms with Crippen molar-refractivity contribution in [1.82, 2.24) is 4.98 Å². The molecule has 3 N–H and O–H groups in total. The molecule has 0 aliphatic carbocycles. The van der Waals surface area contributed by atoms with Crippen molar-refractivity contribution in [2.75, 3.05) is 5.32 Å². The molecule has 2 aromatic rings. The Bertz CT molecular complexity index is 568. The number of hydrogen-bond acceptors (Lipinski definition) is 3. The van der Waals surface area contributed by atoms with Gasteiger partial charge in [-0.1, -0.05) is 36.4 Å². The minimum atomic E-state index is -4.46. The SMILES string of the molecule is NCc1ccc(C(F)(F)F)nc1NCc1ccccc1. The highest BCUT2D eigenvalue weighted by Gasteiger charge is 2.32. The van der Waals surface area contributed by atoms with Crippen molar-refractivity contribution in [3.05, 3.63) is 59.3 Å². The molecule has 0 spiro atoms. The van der Waals surface area contributed by atoms with Crippen LogP contribution in [0.1, 0.15) is 16.8 Å². The van der Waals surface area contributed by atoms with E-state index in [0.29, 0.717) is 12.1 Å². The van der Waals surface area contributed by atoms with Gasteiger partial charge in [-0.15, -0.1) is 0 Å². The van der Waals surface area contributed by atoms with Crippen LogP contribution in [-0.4, -0.2) is 4.98 Å². The molecule has 3 nitrogen and oxygen atoms in total. The Balaban J connectivity index is 2.21. The average Bonchev–Trinajstić information content (AvgIpc) is 2.45. The third-order valence-electron chi connectivity index (χ3n) is 2.79. The normalized spacial score (nSPS) is 11.4. The Morgan fingerprint density at radius 3 is 2.35 bits per heavy atom. The van der Waals surface area contributed by atoms with Crippen molar-refractivity contribution in [3.63, 3.8) is 0 Å². The van der Waals surface area contributed by atoms with Crippen LogP contribution in [0.4, 0.5) is 19.0 Å². The van der Waals surface area contributed by atoms with E-state index in [0.717, 1.165) is 11.6 Å². The largest absolute Gasteiger partial charge is 0.433 e. The highest BCUT2D eigenvalue weighted by molar-refractivity contribution is 5.46. The topological polar surface area (TPSA) is 50.9 Å². The molecule has 0 atom stereocenters. The number of rotatable bonds is 4. The monoisotopic (exact) mass is 281 g/mol. The molecule has 0 aliphatic heterocycles. The molecule has 0 fully saturated rings. The van der Waals surface area contributed by atoms with Crippen molar-refractivity contribution < 1.29 is 13.2 Å². The van der Waals surface area contributed by atoms with E-state index in [1.807, 2.05) is 30.3 Å². The number of nitrogens with zero attached hydrogens (tertiary/aromatic N) is 1. The maximum Gasteiger partial charge on any atom is 0.433 e. The molecule has 0 radical (unpaired) electrons. The molecule has 1 heterocycles. The van der Waals surface area contributed by atoms with Gasteiger partial charge in [0.15, 0.2) is 0 Å². The summed E-state index contributed by atoms with van der Waals surface area (Å²) in [5.74, 6) is 0.172. The quantitative estimate of drug-likeness (QED) is 0.905. The van der Waals surface area contributed by atoms with Gasteiger partial charge >= 0.3 is 6.18 Å². The molecule has 1 aromatic heterocycles. The molecular weight excluding hydrogens is 267 g/mol. The summed E-state index contributed by atoms with van der Waals surface area (Å²) in [5.41, 5.74) is 6.10. The number of nitrogens with two attached hydrogens (primary N) is 1. The molecule has 0 amide bonds. The number of aromatic nitrogens is 1. The van der Waals surface area contributed by atoms with E-state index < -0.39 is 11.9 Å². The van der Waals surface area contributed by atoms with E-state index >= 15 is 0 Å². The fourth-order valence-electron chi connectivity index (χ4n) is 1.75. The van der Waals surface area contributed by atoms with Crippen LogP contribution in [0.5, 0.6) is 0 Å². The first kappa shape index (κ1) is 14.3. The first-order chi connectivity index (χ1) is 9.50. The lowest BCUT2D eigenvalue weighted by atomic mass is 10.2. The molecule has 2 rings (SSSR count). The number of hydrogen-bond donors (Lipinski definition) is 2. The molecule has 20 heavy (non-hydrogen) atoms.